The fourth-order valence-corrected chi connectivity index (χ4v) is 2.62. The van der Waals surface area contributed by atoms with Gasteiger partial charge in [-0.25, -0.2) is 0 Å². The number of benzene rings is 1. The van der Waals surface area contributed by atoms with Gasteiger partial charge in [-0.1, -0.05) is 28.1 Å². The lowest BCUT2D eigenvalue weighted by atomic mass is 10.1. The maximum atomic E-state index is 12.1. The standard InChI is InChI=1S/C15H19BrN2O/c1-11-9-18(10-12(2)17-11)15(19)8-5-13-3-6-14(16)7-4-13/h3-8,11-12,17H,9-10H2,1-2H3/b8-5+. The van der Waals surface area contributed by atoms with Crippen LogP contribution in [0.1, 0.15) is 19.4 Å². The van der Waals surface area contributed by atoms with Crippen LogP contribution in [0, 0.1) is 0 Å². The van der Waals surface area contributed by atoms with Crippen molar-refractivity contribution < 1.29 is 4.79 Å². The zero-order chi connectivity index (χ0) is 13.8. The highest BCUT2D eigenvalue weighted by Crippen LogP contribution is 2.12. The Morgan fingerprint density at radius 1 is 1.26 bits per heavy atom. The van der Waals surface area contributed by atoms with Gasteiger partial charge in [0.25, 0.3) is 0 Å². The predicted octanol–water partition coefficient (Wildman–Crippen LogP) is 2.67. The molecule has 19 heavy (non-hydrogen) atoms. The van der Waals surface area contributed by atoms with Crippen molar-refractivity contribution in [1.82, 2.24) is 10.2 Å². The molecule has 1 aliphatic rings. The summed E-state index contributed by atoms with van der Waals surface area (Å²) in [5, 5.41) is 3.42. The lowest BCUT2D eigenvalue weighted by molar-refractivity contribution is -0.127. The van der Waals surface area contributed by atoms with Crippen molar-refractivity contribution in [2.75, 3.05) is 13.1 Å². The monoisotopic (exact) mass is 322 g/mol. The molecule has 1 aromatic carbocycles. The van der Waals surface area contributed by atoms with Crippen molar-refractivity contribution in [3.8, 4) is 0 Å². The van der Waals surface area contributed by atoms with E-state index in [1.54, 1.807) is 6.08 Å². The Morgan fingerprint density at radius 2 is 1.84 bits per heavy atom. The first-order valence-electron chi connectivity index (χ1n) is 6.53. The molecule has 2 rings (SSSR count). The number of piperazine rings is 1. The maximum absolute atomic E-state index is 12.1. The Bertz CT molecular complexity index is 460. The van der Waals surface area contributed by atoms with Crippen molar-refractivity contribution in [3.63, 3.8) is 0 Å². The van der Waals surface area contributed by atoms with E-state index >= 15 is 0 Å². The van der Waals surface area contributed by atoms with E-state index in [0.717, 1.165) is 23.1 Å². The van der Waals surface area contributed by atoms with Crippen LogP contribution in [0.15, 0.2) is 34.8 Å². The molecule has 1 amide bonds. The zero-order valence-electron chi connectivity index (χ0n) is 11.3. The van der Waals surface area contributed by atoms with Gasteiger partial charge >= 0.3 is 0 Å². The summed E-state index contributed by atoms with van der Waals surface area (Å²) in [5.74, 6) is 0.0862. The second kappa shape index (κ2) is 6.35. The molecule has 1 aliphatic heterocycles. The Morgan fingerprint density at radius 3 is 2.42 bits per heavy atom. The zero-order valence-corrected chi connectivity index (χ0v) is 12.9. The van der Waals surface area contributed by atoms with Crippen LogP contribution in [0.25, 0.3) is 6.08 Å². The quantitative estimate of drug-likeness (QED) is 0.849. The summed E-state index contributed by atoms with van der Waals surface area (Å²) >= 11 is 3.40. The Kier molecular flexibility index (Phi) is 4.77. The van der Waals surface area contributed by atoms with Gasteiger partial charge in [0.15, 0.2) is 0 Å². The fourth-order valence-electron chi connectivity index (χ4n) is 2.35. The van der Waals surface area contributed by atoms with Crippen LogP contribution in [0.5, 0.6) is 0 Å². The third-order valence-corrected chi connectivity index (χ3v) is 3.69. The van der Waals surface area contributed by atoms with Gasteiger partial charge in [0.05, 0.1) is 0 Å². The molecule has 1 heterocycles. The summed E-state index contributed by atoms with van der Waals surface area (Å²) in [6.07, 6.45) is 3.53. The molecule has 0 aromatic heterocycles. The molecule has 0 saturated carbocycles. The van der Waals surface area contributed by atoms with Crippen molar-refractivity contribution in [3.05, 3.63) is 40.4 Å². The summed E-state index contributed by atoms with van der Waals surface area (Å²) in [6.45, 7) is 5.75. The van der Waals surface area contributed by atoms with Gasteiger partial charge in [-0.15, -0.1) is 0 Å². The number of hydrogen-bond donors (Lipinski definition) is 1. The highest BCUT2D eigenvalue weighted by Gasteiger charge is 2.23. The lowest BCUT2D eigenvalue weighted by Gasteiger charge is -2.35. The molecule has 0 radical (unpaired) electrons. The van der Waals surface area contributed by atoms with Crippen LogP contribution in [0.4, 0.5) is 0 Å². The van der Waals surface area contributed by atoms with Gasteiger partial charge in [0.1, 0.15) is 0 Å². The molecule has 2 atom stereocenters. The van der Waals surface area contributed by atoms with Crippen LogP contribution in [0.3, 0.4) is 0 Å². The third-order valence-electron chi connectivity index (χ3n) is 3.16. The van der Waals surface area contributed by atoms with E-state index < -0.39 is 0 Å². The topological polar surface area (TPSA) is 32.3 Å². The predicted molar refractivity (Wildman–Crippen MR) is 81.8 cm³/mol. The smallest absolute Gasteiger partial charge is 0.246 e. The molecule has 1 N–H and O–H groups in total. The van der Waals surface area contributed by atoms with Gasteiger partial charge in [-0.2, -0.15) is 0 Å². The van der Waals surface area contributed by atoms with E-state index in [9.17, 15) is 4.79 Å². The molecular formula is C15H19BrN2O. The number of hydrogen-bond acceptors (Lipinski definition) is 2. The van der Waals surface area contributed by atoms with Gasteiger partial charge in [-0.05, 0) is 37.6 Å². The van der Waals surface area contributed by atoms with E-state index in [1.807, 2.05) is 35.2 Å². The van der Waals surface area contributed by atoms with E-state index in [0.29, 0.717) is 12.1 Å². The van der Waals surface area contributed by atoms with Crippen molar-refractivity contribution >= 4 is 27.9 Å². The third kappa shape index (κ3) is 4.18. The first kappa shape index (κ1) is 14.3. The van der Waals surface area contributed by atoms with Gasteiger partial charge in [-0.3, -0.25) is 4.79 Å². The van der Waals surface area contributed by atoms with Crippen molar-refractivity contribution in [2.45, 2.75) is 25.9 Å². The molecular weight excluding hydrogens is 304 g/mol. The minimum atomic E-state index is 0.0862. The molecule has 3 nitrogen and oxygen atoms in total. The Balaban J connectivity index is 1.98. The summed E-state index contributed by atoms with van der Waals surface area (Å²) < 4.78 is 1.04. The first-order chi connectivity index (χ1) is 9.04. The number of carbonyl (C=O) groups excluding carboxylic acids is 1. The minimum Gasteiger partial charge on any atom is -0.336 e. The molecule has 0 bridgehead atoms. The molecule has 1 aromatic rings. The van der Waals surface area contributed by atoms with E-state index in [1.165, 1.54) is 0 Å². The van der Waals surface area contributed by atoms with E-state index in [-0.39, 0.29) is 5.91 Å². The van der Waals surface area contributed by atoms with Crippen molar-refractivity contribution in [2.24, 2.45) is 0 Å². The first-order valence-corrected chi connectivity index (χ1v) is 7.32. The highest BCUT2D eigenvalue weighted by atomic mass is 79.9. The number of halogens is 1. The summed E-state index contributed by atoms with van der Waals surface area (Å²) in [7, 11) is 0. The maximum Gasteiger partial charge on any atom is 0.246 e. The molecule has 1 saturated heterocycles. The molecule has 2 unspecified atom stereocenters. The summed E-state index contributed by atoms with van der Waals surface area (Å²) in [4.78, 5) is 14.0. The number of rotatable bonds is 2. The van der Waals surface area contributed by atoms with Crippen LogP contribution in [-0.2, 0) is 4.79 Å². The molecule has 102 valence electrons. The summed E-state index contributed by atoms with van der Waals surface area (Å²) in [5.41, 5.74) is 1.03. The SMILES string of the molecule is CC1CN(C(=O)/C=C/c2ccc(Br)cc2)CC(C)N1. The second-order valence-electron chi connectivity index (χ2n) is 5.10. The minimum absolute atomic E-state index is 0.0862. The van der Waals surface area contributed by atoms with Crippen LogP contribution < -0.4 is 5.32 Å². The van der Waals surface area contributed by atoms with E-state index in [2.05, 4.69) is 35.1 Å². The number of amides is 1. The molecule has 0 aliphatic carbocycles. The highest BCUT2D eigenvalue weighted by molar-refractivity contribution is 9.10. The molecule has 1 fully saturated rings. The number of nitrogens with one attached hydrogen (secondary N) is 1. The lowest BCUT2D eigenvalue weighted by Crippen LogP contribution is -2.55. The Hall–Kier alpha value is -1.13. The number of carbonyl (C=O) groups is 1. The van der Waals surface area contributed by atoms with Crippen LogP contribution >= 0.6 is 15.9 Å². The second-order valence-corrected chi connectivity index (χ2v) is 6.01. The van der Waals surface area contributed by atoms with Crippen molar-refractivity contribution in [1.29, 1.82) is 0 Å². The Labute approximate surface area is 122 Å². The van der Waals surface area contributed by atoms with Gasteiger partial charge in [0, 0.05) is 35.7 Å². The van der Waals surface area contributed by atoms with E-state index in [4.69, 9.17) is 0 Å². The van der Waals surface area contributed by atoms with Gasteiger partial charge in [0.2, 0.25) is 5.91 Å². The molecule has 0 spiro atoms. The van der Waals surface area contributed by atoms with Crippen LogP contribution in [0.2, 0.25) is 0 Å². The van der Waals surface area contributed by atoms with Gasteiger partial charge < -0.3 is 10.2 Å². The largest absolute Gasteiger partial charge is 0.336 e. The average molecular weight is 323 g/mol. The normalized spacial score (nSPS) is 23.8. The van der Waals surface area contributed by atoms with Crippen LogP contribution in [-0.4, -0.2) is 36.0 Å². The number of nitrogens with zero attached hydrogens (tertiary/aromatic N) is 1. The fraction of sp³-hybridized carbons (Fsp3) is 0.400. The molecule has 4 heteroatoms. The average Bonchev–Trinajstić information content (AvgIpc) is 2.36. The summed E-state index contributed by atoms with van der Waals surface area (Å²) in [6, 6.07) is 8.62.